The molecule has 7 nitrogen and oxygen atoms in total. The molecule has 1 aliphatic rings. The second kappa shape index (κ2) is 4.50. The zero-order valence-corrected chi connectivity index (χ0v) is 9.88. The van der Waals surface area contributed by atoms with E-state index in [2.05, 4.69) is 12.6 Å². The smallest absolute Gasteiger partial charge is 0.330 e. The first-order valence-electron chi connectivity index (χ1n) is 5.05. The number of aliphatic hydroxyl groups is 2. The third-order valence-electron chi connectivity index (χ3n) is 2.70. The minimum absolute atomic E-state index is 0.623. The van der Waals surface area contributed by atoms with Crippen LogP contribution in [0, 0.1) is 0 Å². The van der Waals surface area contributed by atoms with E-state index in [1.165, 1.54) is 0 Å². The van der Waals surface area contributed by atoms with Crippen LogP contribution in [-0.2, 0) is 4.74 Å². The predicted octanol–water partition coefficient (Wildman–Crippen LogP) is -1.62. The molecule has 9 heteroatoms. The molecule has 0 saturated carbocycles. The Bertz CT molecular complexity index is 556. The molecule has 18 heavy (non-hydrogen) atoms. The van der Waals surface area contributed by atoms with Crippen LogP contribution in [0.1, 0.15) is 6.23 Å². The molecule has 0 radical (unpaired) electrons. The maximum atomic E-state index is 14.2. The Morgan fingerprint density at radius 1 is 1.61 bits per heavy atom. The summed E-state index contributed by atoms with van der Waals surface area (Å²) in [5, 5.41) is 15.9. The molecule has 1 aromatic heterocycles. The Hall–Kier alpha value is -1.16. The number of hydrogen-bond donors (Lipinski definition) is 4. The molecule has 100 valence electrons. The summed E-state index contributed by atoms with van der Waals surface area (Å²) in [4.78, 5) is 24.3. The number of thiol groups is 1. The number of hydrogen-bond acceptors (Lipinski definition) is 6. The van der Waals surface area contributed by atoms with Gasteiger partial charge < -0.3 is 14.9 Å². The van der Waals surface area contributed by atoms with Crippen LogP contribution in [0.4, 0.5) is 4.39 Å². The number of aromatic nitrogens is 2. The Balaban J connectivity index is 2.45. The summed E-state index contributed by atoms with van der Waals surface area (Å²) >= 11 is 3.63. The van der Waals surface area contributed by atoms with Gasteiger partial charge in [-0.3, -0.25) is 14.3 Å². The quantitative estimate of drug-likeness (QED) is 0.487. The van der Waals surface area contributed by atoms with Gasteiger partial charge >= 0.3 is 5.69 Å². The van der Waals surface area contributed by atoms with Crippen LogP contribution in [0.3, 0.4) is 0 Å². The van der Waals surface area contributed by atoms with E-state index in [-0.39, 0.29) is 0 Å². The van der Waals surface area contributed by atoms with Gasteiger partial charge in [0.25, 0.3) is 5.56 Å². The van der Waals surface area contributed by atoms with E-state index in [9.17, 15) is 19.1 Å². The van der Waals surface area contributed by atoms with Gasteiger partial charge in [-0.2, -0.15) is 0 Å². The standard InChI is InChI=1S/C9H11FN2O5S/c10-9(18)6(15)4(3-13)17-7(9)12-2-1-5(14)11-8(12)16/h1-2,4,6-7,13,15,18H,3H2,(H,11,14,16)/t4-,6-,7-,9-/m1/s1. The van der Waals surface area contributed by atoms with E-state index in [1.807, 2.05) is 4.98 Å². The maximum absolute atomic E-state index is 14.2. The van der Waals surface area contributed by atoms with Crippen LogP contribution in [0.2, 0.25) is 0 Å². The van der Waals surface area contributed by atoms with Crippen molar-refractivity contribution in [1.29, 1.82) is 0 Å². The summed E-state index contributed by atoms with van der Waals surface area (Å²) in [5.41, 5.74) is -1.54. The maximum Gasteiger partial charge on any atom is 0.330 e. The summed E-state index contributed by atoms with van der Waals surface area (Å²) in [6.07, 6.45) is -3.41. The molecule has 0 bridgehead atoms. The van der Waals surface area contributed by atoms with E-state index >= 15 is 0 Å². The molecule has 4 atom stereocenters. The van der Waals surface area contributed by atoms with Crippen LogP contribution in [0.25, 0.3) is 0 Å². The molecular formula is C9H11FN2O5S. The summed E-state index contributed by atoms with van der Waals surface area (Å²) in [5.74, 6) is 0. The second-order valence-corrected chi connectivity index (χ2v) is 4.58. The first kappa shape index (κ1) is 13.3. The number of halogens is 1. The highest BCUT2D eigenvalue weighted by Crippen LogP contribution is 2.43. The second-order valence-electron chi connectivity index (χ2n) is 3.90. The summed E-state index contributed by atoms with van der Waals surface area (Å²) in [6, 6.07) is 1.01. The van der Waals surface area contributed by atoms with Gasteiger partial charge in [0.05, 0.1) is 6.61 Å². The van der Waals surface area contributed by atoms with E-state index in [0.717, 1.165) is 16.8 Å². The van der Waals surface area contributed by atoms with Gasteiger partial charge in [0.2, 0.25) is 5.00 Å². The summed E-state index contributed by atoms with van der Waals surface area (Å²) in [6.45, 7) is -0.623. The normalized spacial score (nSPS) is 35.9. The molecule has 0 spiro atoms. The van der Waals surface area contributed by atoms with Crippen LogP contribution in [-0.4, -0.2) is 43.6 Å². The first-order valence-corrected chi connectivity index (χ1v) is 5.49. The van der Waals surface area contributed by atoms with E-state index in [4.69, 9.17) is 9.84 Å². The zero-order valence-electron chi connectivity index (χ0n) is 8.99. The Morgan fingerprint density at radius 2 is 2.28 bits per heavy atom. The molecule has 0 amide bonds. The van der Waals surface area contributed by atoms with Crippen molar-refractivity contribution in [3.05, 3.63) is 33.1 Å². The fraction of sp³-hybridized carbons (Fsp3) is 0.556. The van der Waals surface area contributed by atoms with E-state index < -0.39 is 41.3 Å². The Morgan fingerprint density at radius 3 is 2.78 bits per heavy atom. The highest BCUT2D eigenvalue weighted by atomic mass is 32.1. The molecule has 1 fully saturated rings. The average molecular weight is 278 g/mol. The SMILES string of the molecule is O=c1ccn([C@@H]2O[C@H](CO)[C@@H](O)[C@@]2(F)S)c(=O)[nH]1. The lowest BCUT2D eigenvalue weighted by atomic mass is 10.1. The van der Waals surface area contributed by atoms with Gasteiger partial charge in [0.1, 0.15) is 12.2 Å². The van der Waals surface area contributed by atoms with Crippen molar-refractivity contribution in [3.63, 3.8) is 0 Å². The lowest BCUT2D eigenvalue weighted by Crippen LogP contribution is -2.42. The lowest BCUT2D eigenvalue weighted by molar-refractivity contribution is -0.0510. The van der Waals surface area contributed by atoms with E-state index in [1.54, 1.807) is 0 Å². The van der Waals surface area contributed by atoms with Crippen molar-refractivity contribution in [2.24, 2.45) is 0 Å². The molecule has 2 heterocycles. The van der Waals surface area contributed by atoms with Gasteiger partial charge in [0.15, 0.2) is 6.23 Å². The number of ether oxygens (including phenoxy) is 1. The van der Waals surface area contributed by atoms with Crippen LogP contribution < -0.4 is 11.2 Å². The fourth-order valence-corrected chi connectivity index (χ4v) is 2.11. The number of aliphatic hydroxyl groups excluding tert-OH is 2. The molecule has 3 N–H and O–H groups in total. The number of rotatable bonds is 2. The van der Waals surface area contributed by atoms with Crippen molar-refractivity contribution in [1.82, 2.24) is 9.55 Å². The summed E-state index contributed by atoms with van der Waals surface area (Å²) in [7, 11) is 0. The molecular weight excluding hydrogens is 267 g/mol. The van der Waals surface area contributed by atoms with Gasteiger partial charge in [-0.05, 0) is 0 Å². The minimum atomic E-state index is -2.56. The number of nitrogens with one attached hydrogen (secondary N) is 1. The average Bonchev–Trinajstić information content (AvgIpc) is 2.52. The summed E-state index contributed by atoms with van der Waals surface area (Å²) < 4.78 is 20.0. The Kier molecular flexibility index (Phi) is 3.32. The van der Waals surface area contributed by atoms with Crippen molar-refractivity contribution in [2.45, 2.75) is 23.4 Å². The van der Waals surface area contributed by atoms with Crippen LogP contribution in [0.5, 0.6) is 0 Å². The van der Waals surface area contributed by atoms with Crippen LogP contribution in [0.15, 0.2) is 21.9 Å². The molecule has 2 rings (SSSR count). The molecule has 0 unspecified atom stereocenters. The topological polar surface area (TPSA) is 105 Å². The third kappa shape index (κ3) is 1.99. The van der Waals surface area contributed by atoms with Crippen molar-refractivity contribution in [2.75, 3.05) is 6.61 Å². The zero-order chi connectivity index (χ0) is 13.5. The molecule has 1 aromatic rings. The predicted molar refractivity (Wildman–Crippen MR) is 61.2 cm³/mol. The molecule has 0 aromatic carbocycles. The van der Waals surface area contributed by atoms with Crippen molar-refractivity contribution >= 4 is 12.6 Å². The molecule has 1 aliphatic heterocycles. The molecule has 0 aliphatic carbocycles. The number of H-pyrrole nitrogens is 1. The van der Waals surface area contributed by atoms with Gasteiger partial charge in [0, 0.05) is 12.3 Å². The lowest BCUT2D eigenvalue weighted by Gasteiger charge is -2.23. The Labute approximate surface area is 105 Å². The van der Waals surface area contributed by atoms with E-state index in [0.29, 0.717) is 0 Å². The van der Waals surface area contributed by atoms with Gasteiger partial charge in [-0.25, -0.2) is 9.18 Å². The fourth-order valence-electron chi connectivity index (χ4n) is 1.76. The van der Waals surface area contributed by atoms with Crippen molar-refractivity contribution in [3.8, 4) is 0 Å². The highest BCUT2D eigenvalue weighted by Gasteiger charge is 2.56. The van der Waals surface area contributed by atoms with Crippen molar-refractivity contribution < 1.29 is 19.3 Å². The highest BCUT2D eigenvalue weighted by molar-refractivity contribution is 7.81. The number of alkyl halides is 1. The van der Waals surface area contributed by atoms with Crippen LogP contribution >= 0.6 is 12.6 Å². The number of nitrogens with zero attached hydrogens (tertiary/aromatic N) is 1. The first-order chi connectivity index (χ1) is 8.37. The largest absolute Gasteiger partial charge is 0.394 e. The monoisotopic (exact) mass is 278 g/mol. The minimum Gasteiger partial charge on any atom is -0.394 e. The van der Waals surface area contributed by atoms with Gasteiger partial charge in [-0.15, -0.1) is 12.6 Å². The third-order valence-corrected chi connectivity index (χ3v) is 3.19. The molecule has 1 saturated heterocycles. The van der Waals surface area contributed by atoms with Gasteiger partial charge in [-0.1, -0.05) is 0 Å². The number of aromatic amines is 1.